The summed E-state index contributed by atoms with van der Waals surface area (Å²) in [6, 6.07) is 0.142. The molecule has 0 spiro atoms. The lowest BCUT2D eigenvalue weighted by Gasteiger charge is -2.34. The maximum absolute atomic E-state index is 12.8. The predicted molar refractivity (Wildman–Crippen MR) is 109 cm³/mol. The van der Waals surface area contributed by atoms with Crippen molar-refractivity contribution >= 4 is 5.91 Å². The number of carbonyl (C=O) groups excluding carboxylic acids is 1. The van der Waals surface area contributed by atoms with Crippen LogP contribution in [0.5, 0.6) is 0 Å². The molecule has 1 N–H and O–H groups in total. The van der Waals surface area contributed by atoms with E-state index in [0.717, 1.165) is 17.8 Å². The Labute approximate surface area is 172 Å². The highest BCUT2D eigenvalue weighted by Gasteiger charge is 2.42. The zero-order valence-electron chi connectivity index (χ0n) is 18.3. The van der Waals surface area contributed by atoms with Gasteiger partial charge in [-0.1, -0.05) is 0 Å². The van der Waals surface area contributed by atoms with Gasteiger partial charge in [0, 0.05) is 56.9 Å². The molecule has 0 aliphatic carbocycles. The van der Waals surface area contributed by atoms with Crippen LogP contribution >= 0.6 is 0 Å². The second-order valence-corrected chi connectivity index (χ2v) is 8.42. The average molecular weight is 404 g/mol. The van der Waals surface area contributed by atoms with Crippen LogP contribution in [0.4, 0.5) is 0 Å². The normalized spacial score (nSPS) is 21.2. The minimum atomic E-state index is -0.242. The summed E-state index contributed by atoms with van der Waals surface area (Å²) in [4.78, 5) is 18.8. The van der Waals surface area contributed by atoms with E-state index in [1.54, 1.807) is 19.8 Å². The number of carbonyl (C=O) groups is 1. The smallest absolute Gasteiger partial charge is 0.223 e. The standard InChI is InChI=1S/C20H33N7O2/c1-14-17(11-23-25(14)5)19-16(9-18(28)26(19)7-8-29-6)10-22-15(2)20(3,4)27-13-21-12-24-27/h11-13,15-16,19,22H,7-10H2,1-6H3/t15?,16-,19+/m0/s1. The zero-order chi connectivity index (χ0) is 21.2. The van der Waals surface area contributed by atoms with Crippen LogP contribution in [0, 0.1) is 12.8 Å². The van der Waals surface area contributed by atoms with E-state index >= 15 is 0 Å². The average Bonchev–Trinajstić information content (AvgIpc) is 3.40. The molecule has 1 amide bonds. The number of ether oxygens (including phenoxy) is 1. The van der Waals surface area contributed by atoms with E-state index in [-0.39, 0.29) is 29.4 Å². The highest BCUT2D eigenvalue weighted by atomic mass is 16.5. The molecular weight excluding hydrogens is 370 g/mol. The van der Waals surface area contributed by atoms with Crippen molar-refractivity contribution in [3.63, 3.8) is 0 Å². The van der Waals surface area contributed by atoms with Crippen LogP contribution in [0.3, 0.4) is 0 Å². The number of aryl methyl sites for hydroxylation is 1. The third kappa shape index (κ3) is 4.20. The Kier molecular flexibility index (Phi) is 6.38. The van der Waals surface area contributed by atoms with Crippen molar-refractivity contribution in [1.29, 1.82) is 0 Å². The van der Waals surface area contributed by atoms with Gasteiger partial charge in [-0.25, -0.2) is 9.67 Å². The van der Waals surface area contributed by atoms with Gasteiger partial charge in [-0.2, -0.15) is 10.2 Å². The predicted octanol–water partition coefficient (Wildman–Crippen LogP) is 1.27. The summed E-state index contributed by atoms with van der Waals surface area (Å²) in [6.07, 6.45) is 5.71. The lowest BCUT2D eigenvalue weighted by atomic mass is 9.91. The molecule has 0 bridgehead atoms. The van der Waals surface area contributed by atoms with Crippen molar-refractivity contribution in [2.45, 2.75) is 51.7 Å². The molecule has 1 aliphatic rings. The van der Waals surface area contributed by atoms with Crippen molar-refractivity contribution in [2.24, 2.45) is 13.0 Å². The monoisotopic (exact) mass is 403 g/mol. The molecule has 160 valence electrons. The van der Waals surface area contributed by atoms with E-state index in [4.69, 9.17) is 4.74 Å². The Hall–Kier alpha value is -2.26. The summed E-state index contributed by atoms with van der Waals surface area (Å²) < 4.78 is 8.99. The molecule has 1 unspecified atom stereocenters. The number of hydrogen-bond donors (Lipinski definition) is 1. The molecule has 9 nitrogen and oxygen atoms in total. The molecule has 0 aromatic carbocycles. The second kappa shape index (κ2) is 8.62. The molecule has 1 fully saturated rings. The van der Waals surface area contributed by atoms with Crippen LogP contribution < -0.4 is 5.32 Å². The lowest BCUT2D eigenvalue weighted by Crippen LogP contribution is -2.48. The van der Waals surface area contributed by atoms with Crippen molar-refractivity contribution in [3.05, 3.63) is 30.1 Å². The van der Waals surface area contributed by atoms with Crippen molar-refractivity contribution in [1.82, 2.24) is 34.8 Å². The van der Waals surface area contributed by atoms with Gasteiger partial charge in [-0.3, -0.25) is 9.48 Å². The van der Waals surface area contributed by atoms with Crippen LogP contribution in [0.25, 0.3) is 0 Å². The van der Waals surface area contributed by atoms with E-state index in [0.29, 0.717) is 19.6 Å². The molecule has 3 atom stereocenters. The summed E-state index contributed by atoms with van der Waals surface area (Å²) in [7, 11) is 3.60. The number of methoxy groups -OCH3 is 1. The van der Waals surface area contributed by atoms with Crippen LogP contribution in [-0.4, -0.2) is 68.2 Å². The van der Waals surface area contributed by atoms with Crippen LogP contribution in [0.1, 0.15) is 44.5 Å². The van der Waals surface area contributed by atoms with Gasteiger partial charge >= 0.3 is 0 Å². The third-order valence-electron chi connectivity index (χ3n) is 6.42. The van der Waals surface area contributed by atoms with Crippen molar-refractivity contribution < 1.29 is 9.53 Å². The van der Waals surface area contributed by atoms with Gasteiger partial charge in [0.2, 0.25) is 5.91 Å². The Morgan fingerprint density at radius 3 is 2.72 bits per heavy atom. The lowest BCUT2D eigenvalue weighted by molar-refractivity contribution is -0.129. The van der Waals surface area contributed by atoms with Gasteiger partial charge in [-0.05, 0) is 27.7 Å². The summed E-state index contributed by atoms with van der Waals surface area (Å²) in [5, 5.41) is 12.4. The Bertz CT molecular complexity index is 815. The quantitative estimate of drug-likeness (QED) is 0.678. The highest BCUT2D eigenvalue weighted by molar-refractivity contribution is 5.79. The number of aromatic nitrogens is 5. The summed E-state index contributed by atoms with van der Waals surface area (Å²) in [6.45, 7) is 10.3. The van der Waals surface area contributed by atoms with E-state index in [2.05, 4.69) is 48.2 Å². The first-order valence-corrected chi connectivity index (χ1v) is 10.1. The van der Waals surface area contributed by atoms with Gasteiger partial charge in [0.25, 0.3) is 0 Å². The second-order valence-electron chi connectivity index (χ2n) is 8.42. The zero-order valence-corrected chi connectivity index (χ0v) is 18.3. The Balaban J connectivity index is 1.77. The SMILES string of the molecule is COCCN1C(=O)C[C@@H](CNC(C)C(C)(C)n2cncn2)[C@@H]1c1cnn(C)c1C. The van der Waals surface area contributed by atoms with Gasteiger partial charge in [-0.15, -0.1) is 0 Å². The van der Waals surface area contributed by atoms with E-state index in [9.17, 15) is 4.79 Å². The molecular formula is C20H33N7O2. The number of nitrogens with one attached hydrogen (secondary N) is 1. The molecule has 2 aromatic rings. The van der Waals surface area contributed by atoms with E-state index in [1.165, 1.54) is 0 Å². The molecule has 0 saturated carbocycles. The number of likely N-dealkylation sites (tertiary alicyclic amines) is 1. The molecule has 3 rings (SSSR count). The van der Waals surface area contributed by atoms with Gasteiger partial charge in [0.05, 0.1) is 24.4 Å². The fraction of sp³-hybridized carbons (Fsp3) is 0.700. The molecule has 9 heteroatoms. The molecule has 0 radical (unpaired) electrons. The number of rotatable bonds is 9. The summed E-state index contributed by atoms with van der Waals surface area (Å²) in [5.74, 6) is 0.335. The van der Waals surface area contributed by atoms with E-state index < -0.39 is 0 Å². The first-order valence-electron chi connectivity index (χ1n) is 10.1. The largest absolute Gasteiger partial charge is 0.383 e. The van der Waals surface area contributed by atoms with Gasteiger partial charge < -0.3 is 15.0 Å². The summed E-state index contributed by atoms with van der Waals surface area (Å²) >= 11 is 0. The number of hydrogen-bond acceptors (Lipinski definition) is 6. The number of amides is 1. The third-order valence-corrected chi connectivity index (χ3v) is 6.42. The van der Waals surface area contributed by atoms with E-state index in [1.807, 2.05) is 27.5 Å². The minimum Gasteiger partial charge on any atom is -0.383 e. The first-order chi connectivity index (χ1) is 13.8. The van der Waals surface area contributed by atoms with Gasteiger partial charge in [0.15, 0.2) is 0 Å². The topological polar surface area (TPSA) is 90.1 Å². The Morgan fingerprint density at radius 2 is 2.14 bits per heavy atom. The van der Waals surface area contributed by atoms with Crippen LogP contribution in [-0.2, 0) is 22.1 Å². The minimum absolute atomic E-state index is 0.000493. The van der Waals surface area contributed by atoms with Crippen LogP contribution in [0.2, 0.25) is 0 Å². The Morgan fingerprint density at radius 1 is 1.38 bits per heavy atom. The molecule has 2 aromatic heterocycles. The fourth-order valence-corrected chi connectivity index (χ4v) is 4.01. The molecule has 29 heavy (non-hydrogen) atoms. The maximum atomic E-state index is 12.8. The number of nitrogens with zero attached hydrogens (tertiary/aromatic N) is 6. The molecule has 1 saturated heterocycles. The molecule has 1 aliphatic heterocycles. The van der Waals surface area contributed by atoms with Crippen molar-refractivity contribution in [3.8, 4) is 0 Å². The molecule has 3 heterocycles. The maximum Gasteiger partial charge on any atom is 0.223 e. The van der Waals surface area contributed by atoms with Gasteiger partial charge in [0.1, 0.15) is 12.7 Å². The van der Waals surface area contributed by atoms with Crippen LogP contribution in [0.15, 0.2) is 18.9 Å². The van der Waals surface area contributed by atoms with Crippen molar-refractivity contribution in [2.75, 3.05) is 26.8 Å². The highest BCUT2D eigenvalue weighted by Crippen LogP contribution is 2.39. The first kappa shape index (κ1) is 21.4. The fourth-order valence-electron chi connectivity index (χ4n) is 4.01. The summed E-state index contributed by atoms with van der Waals surface area (Å²) in [5.41, 5.74) is 1.96.